The van der Waals surface area contributed by atoms with Gasteiger partial charge >= 0.3 is 0 Å². The molecule has 0 radical (unpaired) electrons. The first kappa shape index (κ1) is 39.0. The van der Waals surface area contributed by atoms with E-state index < -0.39 is 133 Å². The number of fused-ring (bicyclic) bond motifs is 1. The fraction of sp³-hybridized carbons (Fsp3) is 0.545. The van der Waals surface area contributed by atoms with Gasteiger partial charge in [-0.15, -0.1) is 0 Å². The summed E-state index contributed by atoms with van der Waals surface area (Å²) < 4.78 is 40.0. The third kappa shape index (κ3) is 7.52. The van der Waals surface area contributed by atoms with Crippen LogP contribution in [-0.4, -0.2) is 167 Å². The summed E-state index contributed by atoms with van der Waals surface area (Å²) in [5, 5.41) is 124. The van der Waals surface area contributed by atoms with E-state index in [0.717, 1.165) is 12.1 Å². The summed E-state index contributed by atoms with van der Waals surface area (Å²) in [7, 11) is 0. The average molecular weight is 757 g/mol. The van der Waals surface area contributed by atoms with Gasteiger partial charge < -0.3 is 94.1 Å². The lowest BCUT2D eigenvalue weighted by Crippen LogP contribution is -2.65. The molecule has 2 unspecified atom stereocenters. The molecule has 12 N–H and O–H groups in total. The Labute approximate surface area is 298 Å². The summed E-state index contributed by atoms with van der Waals surface area (Å²) in [6.45, 7) is -0.140. The molecule has 1 aromatic heterocycles. The van der Waals surface area contributed by atoms with Gasteiger partial charge in [0.05, 0.1) is 19.3 Å². The van der Waals surface area contributed by atoms with Crippen LogP contribution >= 0.6 is 0 Å². The highest BCUT2D eigenvalue weighted by Crippen LogP contribution is 2.38. The van der Waals surface area contributed by atoms with Gasteiger partial charge in [-0.1, -0.05) is 0 Å². The first-order chi connectivity index (χ1) is 25.1. The molecular formula is C33H40O20. The van der Waals surface area contributed by atoms with Crippen LogP contribution in [0.5, 0.6) is 23.0 Å². The minimum absolute atomic E-state index is 0.112. The maximum absolute atomic E-state index is 14.0. The number of benzene rings is 2. The minimum Gasteiger partial charge on any atom is -0.508 e. The second kappa shape index (κ2) is 15.6. The number of ether oxygens (including phenoxy) is 6. The molecule has 15 atom stereocenters. The zero-order valence-electron chi connectivity index (χ0n) is 27.7. The molecule has 3 fully saturated rings. The molecular weight excluding hydrogens is 716 g/mol. The van der Waals surface area contributed by atoms with E-state index in [1.807, 2.05) is 0 Å². The zero-order chi connectivity index (χ0) is 38.5. The third-order valence-electron chi connectivity index (χ3n) is 9.30. The molecule has 3 saturated heterocycles. The van der Waals surface area contributed by atoms with Crippen LogP contribution in [0.1, 0.15) is 6.92 Å². The number of aliphatic hydroxyl groups is 9. The number of phenolic OH excluding ortho intramolecular Hbond substituents is 3. The first-order valence-corrected chi connectivity index (χ1v) is 16.4. The van der Waals surface area contributed by atoms with Gasteiger partial charge in [-0.3, -0.25) is 4.79 Å². The van der Waals surface area contributed by atoms with Crippen molar-refractivity contribution in [1.29, 1.82) is 0 Å². The first-order valence-electron chi connectivity index (χ1n) is 16.4. The molecule has 0 aliphatic carbocycles. The van der Waals surface area contributed by atoms with E-state index in [9.17, 15) is 66.1 Å². The highest BCUT2D eigenvalue weighted by Gasteiger charge is 2.52. The van der Waals surface area contributed by atoms with Crippen LogP contribution in [0, 0.1) is 0 Å². The van der Waals surface area contributed by atoms with Crippen molar-refractivity contribution in [3.05, 3.63) is 46.6 Å². The van der Waals surface area contributed by atoms with Gasteiger partial charge in [-0.05, 0) is 31.2 Å². The molecule has 53 heavy (non-hydrogen) atoms. The Morgan fingerprint density at radius 1 is 0.679 bits per heavy atom. The molecule has 3 aliphatic rings. The summed E-state index contributed by atoms with van der Waals surface area (Å²) in [6, 6.07) is 7.05. The van der Waals surface area contributed by atoms with Crippen molar-refractivity contribution in [2.45, 2.75) is 99.0 Å². The number of rotatable bonds is 9. The largest absolute Gasteiger partial charge is 0.508 e. The lowest BCUT2D eigenvalue weighted by atomic mass is 9.97. The van der Waals surface area contributed by atoms with Gasteiger partial charge in [0.2, 0.25) is 17.5 Å². The summed E-state index contributed by atoms with van der Waals surface area (Å²) in [5.74, 6) is -2.39. The van der Waals surface area contributed by atoms with Crippen molar-refractivity contribution in [3.8, 4) is 34.3 Å². The number of hydrogen-bond acceptors (Lipinski definition) is 20. The molecule has 0 amide bonds. The van der Waals surface area contributed by atoms with Crippen LogP contribution in [0.25, 0.3) is 22.3 Å². The smallest absolute Gasteiger partial charge is 0.239 e. The summed E-state index contributed by atoms with van der Waals surface area (Å²) >= 11 is 0. The van der Waals surface area contributed by atoms with Crippen molar-refractivity contribution in [2.75, 3.05) is 13.2 Å². The van der Waals surface area contributed by atoms with Crippen molar-refractivity contribution in [2.24, 2.45) is 0 Å². The molecule has 4 heterocycles. The van der Waals surface area contributed by atoms with Gasteiger partial charge in [0, 0.05) is 17.7 Å². The van der Waals surface area contributed by atoms with Crippen LogP contribution in [0.2, 0.25) is 0 Å². The lowest BCUT2D eigenvalue weighted by Gasteiger charge is -2.46. The predicted octanol–water partition coefficient (Wildman–Crippen LogP) is -3.57. The highest BCUT2D eigenvalue weighted by atomic mass is 16.8. The average Bonchev–Trinajstić information content (AvgIpc) is 3.12. The predicted molar refractivity (Wildman–Crippen MR) is 171 cm³/mol. The maximum atomic E-state index is 14.0. The maximum Gasteiger partial charge on any atom is 0.239 e. The number of aliphatic hydroxyl groups excluding tert-OH is 9. The second-order valence-corrected chi connectivity index (χ2v) is 12.9. The molecule has 292 valence electrons. The van der Waals surface area contributed by atoms with Gasteiger partial charge in [0.15, 0.2) is 24.4 Å². The normalized spacial score (nSPS) is 37.8. The Morgan fingerprint density at radius 3 is 1.98 bits per heavy atom. The Hall–Kier alpha value is -3.71. The van der Waals surface area contributed by atoms with E-state index in [1.165, 1.54) is 31.2 Å². The van der Waals surface area contributed by atoms with Crippen LogP contribution < -0.4 is 10.2 Å². The number of aromatic hydroxyl groups is 3. The van der Waals surface area contributed by atoms with E-state index in [0.29, 0.717) is 0 Å². The van der Waals surface area contributed by atoms with Crippen molar-refractivity contribution < 1.29 is 94.1 Å². The Morgan fingerprint density at radius 2 is 1.30 bits per heavy atom. The van der Waals surface area contributed by atoms with Crippen molar-refractivity contribution >= 4 is 11.0 Å². The Bertz CT molecular complexity index is 1780. The van der Waals surface area contributed by atoms with E-state index in [-0.39, 0.29) is 22.7 Å². The van der Waals surface area contributed by atoms with E-state index >= 15 is 0 Å². The SMILES string of the molecule is C[C@@H]1O[C@@H](OC[C@H]2OC(Oc3c(-c4ccc(O)cc4)oc4cc(O)cc(O)c4c3=O)[C@H](OC3O[C@H](CO)[C@@H](O)[C@H](O)[C@H]3O)[C@@H](O)[C@@H]2O)[C@H](O)[C@H](O)[C@H]1O. The fourth-order valence-electron chi connectivity index (χ4n) is 6.25. The van der Waals surface area contributed by atoms with Crippen molar-refractivity contribution in [1.82, 2.24) is 0 Å². The molecule has 2 aromatic carbocycles. The molecule has 20 nitrogen and oxygen atoms in total. The third-order valence-corrected chi connectivity index (χ3v) is 9.30. The zero-order valence-corrected chi connectivity index (χ0v) is 27.7. The lowest BCUT2D eigenvalue weighted by molar-refractivity contribution is -0.362. The molecule has 3 aliphatic heterocycles. The van der Waals surface area contributed by atoms with Crippen LogP contribution in [-0.2, 0) is 23.7 Å². The van der Waals surface area contributed by atoms with Gasteiger partial charge in [0.1, 0.15) is 89.3 Å². The molecule has 0 spiro atoms. The van der Waals surface area contributed by atoms with Crippen LogP contribution in [0.3, 0.4) is 0 Å². The molecule has 20 heteroatoms. The summed E-state index contributed by atoms with van der Waals surface area (Å²) in [6.07, 6.45) is -26.1. The topological polar surface area (TPSA) is 328 Å². The van der Waals surface area contributed by atoms with Crippen molar-refractivity contribution in [3.63, 3.8) is 0 Å². The Balaban J connectivity index is 1.39. The second-order valence-electron chi connectivity index (χ2n) is 12.9. The molecule has 0 bridgehead atoms. The molecule has 0 saturated carbocycles. The molecule has 3 aromatic rings. The Kier molecular flexibility index (Phi) is 11.5. The van der Waals surface area contributed by atoms with E-state index in [4.69, 9.17) is 32.8 Å². The van der Waals surface area contributed by atoms with Crippen LogP contribution in [0.4, 0.5) is 0 Å². The summed E-state index contributed by atoms with van der Waals surface area (Å²) in [4.78, 5) is 14.0. The molecule has 6 rings (SSSR count). The van der Waals surface area contributed by atoms with E-state index in [1.54, 1.807) is 0 Å². The fourth-order valence-corrected chi connectivity index (χ4v) is 6.25. The standard InChI is InChI=1S/C33H40O20/c1-10-19(38)23(42)26(45)31(48-10)47-9-17-21(40)25(44)30(53-32-27(46)24(43)20(39)16(8-34)50-32)33(51-17)52-29-22(41)18-14(37)6-13(36)7-15(18)49-28(29)11-2-4-12(35)5-3-11/h2-7,10,16-17,19-21,23-27,30-40,42-46H,8-9H2,1H3/t10-,16+,17+,19-,20+,21+,23+,24-,25-,26+,27+,30+,31+,32?,33?/m0/s1. The van der Waals surface area contributed by atoms with Gasteiger partial charge in [0.25, 0.3) is 0 Å². The monoisotopic (exact) mass is 756 g/mol. The highest BCUT2D eigenvalue weighted by molar-refractivity contribution is 5.88. The minimum atomic E-state index is -2.06. The quantitative estimate of drug-likeness (QED) is 0.100. The van der Waals surface area contributed by atoms with Gasteiger partial charge in [-0.2, -0.15) is 0 Å². The van der Waals surface area contributed by atoms with Gasteiger partial charge in [-0.25, -0.2) is 0 Å². The number of phenols is 3. The summed E-state index contributed by atoms with van der Waals surface area (Å²) in [5.41, 5.74) is -1.23. The number of hydrogen-bond donors (Lipinski definition) is 12. The van der Waals surface area contributed by atoms with Crippen LogP contribution in [0.15, 0.2) is 45.6 Å². The van der Waals surface area contributed by atoms with E-state index in [2.05, 4.69) is 0 Å².